The second-order valence-corrected chi connectivity index (χ2v) is 7.54. The van der Waals surface area contributed by atoms with E-state index in [1.807, 2.05) is 0 Å². The number of halogens is 2. The van der Waals surface area contributed by atoms with Crippen LogP contribution < -0.4 is 10.0 Å². The van der Waals surface area contributed by atoms with Crippen LogP contribution in [-0.2, 0) is 31.7 Å². The summed E-state index contributed by atoms with van der Waals surface area (Å²) >= 11 is 0. The molecule has 0 aliphatic heterocycles. The minimum absolute atomic E-state index is 0.144. The number of sulfonamides is 1. The van der Waals surface area contributed by atoms with Gasteiger partial charge in [-0.1, -0.05) is 12.1 Å². The number of carbonyl (C=O) groups is 1. The zero-order chi connectivity index (χ0) is 19.9. The molecule has 0 aromatic heterocycles. The number of ether oxygens (including phenoxy) is 1. The molecular formula is C18H20F2N2O4S. The zero-order valence-electron chi connectivity index (χ0n) is 14.7. The van der Waals surface area contributed by atoms with E-state index in [9.17, 15) is 22.0 Å². The van der Waals surface area contributed by atoms with E-state index in [0.29, 0.717) is 18.7 Å². The molecule has 0 atom stereocenters. The fourth-order valence-electron chi connectivity index (χ4n) is 2.31. The molecule has 0 unspecified atom stereocenters. The van der Waals surface area contributed by atoms with Crippen LogP contribution in [0, 0.1) is 11.6 Å². The Balaban J connectivity index is 1.96. The predicted molar refractivity (Wildman–Crippen MR) is 97.6 cm³/mol. The Bertz CT molecular complexity index is 887. The topological polar surface area (TPSA) is 84.5 Å². The first-order chi connectivity index (χ1) is 12.8. The highest BCUT2D eigenvalue weighted by molar-refractivity contribution is 7.91. The van der Waals surface area contributed by atoms with Crippen molar-refractivity contribution in [1.29, 1.82) is 0 Å². The van der Waals surface area contributed by atoms with Gasteiger partial charge in [-0.3, -0.25) is 9.52 Å². The molecule has 0 spiro atoms. The van der Waals surface area contributed by atoms with E-state index in [1.54, 1.807) is 12.1 Å². The number of rotatable bonds is 9. The molecule has 0 heterocycles. The average molecular weight is 398 g/mol. The summed E-state index contributed by atoms with van der Waals surface area (Å²) in [5.74, 6) is -2.38. The molecule has 0 saturated heterocycles. The summed E-state index contributed by atoms with van der Waals surface area (Å²) in [5, 5.41) is 2.68. The maximum Gasteiger partial charge on any atom is 0.237 e. The predicted octanol–water partition coefficient (Wildman–Crippen LogP) is 2.21. The van der Waals surface area contributed by atoms with Gasteiger partial charge in [0.25, 0.3) is 0 Å². The molecule has 146 valence electrons. The average Bonchev–Trinajstić information content (AvgIpc) is 2.59. The molecule has 6 nitrogen and oxygen atoms in total. The first kappa shape index (κ1) is 20.8. The number of hydrogen-bond donors (Lipinski definition) is 2. The van der Waals surface area contributed by atoms with Gasteiger partial charge in [-0.25, -0.2) is 17.2 Å². The maximum atomic E-state index is 13.6. The molecule has 2 rings (SSSR count). The van der Waals surface area contributed by atoms with Gasteiger partial charge in [-0.15, -0.1) is 0 Å². The lowest BCUT2D eigenvalue weighted by molar-refractivity contribution is -0.120. The summed E-state index contributed by atoms with van der Waals surface area (Å²) < 4.78 is 58.3. The standard InChI is InChI=1S/C18H20F2N2O4S/c1-26-9-8-21-18(23)10-13-2-5-16(6-3-13)22-27(24,25)12-14-11-15(19)4-7-17(14)20/h2-7,11,22H,8-10,12H2,1H3,(H,21,23). The quantitative estimate of drug-likeness (QED) is 0.635. The largest absolute Gasteiger partial charge is 0.383 e. The zero-order valence-corrected chi connectivity index (χ0v) is 15.5. The van der Waals surface area contributed by atoms with Crippen molar-refractivity contribution in [2.75, 3.05) is 25.0 Å². The fraction of sp³-hybridized carbons (Fsp3) is 0.278. The molecule has 0 aliphatic rings. The first-order valence-electron chi connectivity index (χ1n) is 8.08. The lowest BCUT2D eigenvalue weighted by Crippen LogP contribution is -2.28. The normalized spacial score (nSPS) is 11.2. The Labute approximate surface area is 156 Å². The molecule has 0 fully saturated rings. The van der Waals surface area contributed by atoms with Gasteiger partial charge >= 0.3 is 0 Å². The number of methoxy groups -OCH3 is 1. The molecule has 0 saturated carbocycles. The number of benzene rings is 2. The van der Waals surface area contributed by atoms with Gasteiger partial charge in [0.05, 0.1) is 18.8 Å². The molecule has 1 amide bonds. The van der Waals surface area contributed by atoms with Crippen LogP contribution in [0.4, 0.5) is 14.5 Å². The molecule has 0 bridgehead atoms. The summed E-state index contributed by atoms with van der Waals surface area (Å²) in [6.07, 6.45) is 0.144. The minimum Gasteiger partial charge on any atom is -0.383 e. The summed E-state index contributed by atoms with van der Waals surface area (Å²) in [4.78, 5) is 11.7. The van der Waals surface area contributed by atoms with Gasteiger partial charge in [-0.05, 0) is 35.9 Å². The van der Waals surface area contributed by atoms with Crippen LogP contribution in [0.1, 0.15) is 11.1 Å². The molecule has 2 N–H and O–H groups in total. The van der Waals surface area contributed by atoms with E-state index in [1.165, 1.54) is 19.2 Å². The third kappa shape index (κ3) is 6.95. The Kier molecular flexibility index (Phi) is 7.26. The Morgan fingerprint density at radius 2 is 1.81 bits per heavy atom. The molecule has 27 heavy (non-hydrogen) atoms. The summed E-state index contributed by atoms with van der Waals surface area (Å²) in [6.45, 7) is 0.822. The highest BCUT2D eigenvalue weighted by Crippen LogP contribution is 2.17. The monoisotopic (exact) mass is 398 g/mol. The van der Waals surface area contributed by atoms with Gasteiger partial charge < -0.3 is 10.1 Å². The number of anilines is 1. The number of amides is 1. The highest BCUT2D eigenvalue weighted by atomic mass is 32.2. The summed E-state index contributed by atoms with van der Waals surface area (Å²) in [7, 11) is -2.39. The lowest BCUT2D eigenvalue weighted by atomic mass is 10.1. The van der Waals surface area contributed by atoms with Crippen LogP contribution in [0.15, 0.2) is 42.5 Å². The number of carbonyl (C=O) groups excluding carboxylic acids is 1. The number of nitrogens with one attached hydrogen (secondary N) is 2. The van der Waals surface area contributed by atoms with Crippen molar-refractivity contribution in [2.24, 2.45) is 0 Å². The minimum atomic E-state index is -3.93. The van der Waals surface area contributed by atoms with Crippen LogP contribution in [-0.4, -0.2) is 34.6 Å². The molecule has 0 aliphatic carbocycles. The molecule has 9 heteroatoms. The third-order valence-corrected chi connectivity index (χ3v) is 4.81. The Morgan fingerprint density at radius 1 is 1.11 bits per heavy atom. The second kappa shape index (κ2) is 9.43. The van der Waals surface area contributed by atoms with Crippen molar-refractivity contribution in [3.8, 4) is 0 Å². The maximum absolute atomic E-state index is 13.6. The highest BCUT2D eigenvalue weighted by Gasteiger charge is 2.16. The van der Waals surface area contributed by atoms with Crippen molar-refractivity contribution >= 4 is 21.6 Å². The van der Waals surface area contributed by atoms with Crippen LogP contribution in [0.2, 0.25) is 0 Å². The van der Waals surface area contributed by atoms with Crippen LogP contribution in [0.25, 0.3) is 0 Å². The molecule has 2 aromatic rings. The van der Waals surface area contributed by atoms with E-state index in [2.05, 4.69) is 10.0 Å². The second-order valence-electron chi connectivity index (χ2n) is 5.81. The van der Waals surface area contributed by atoms with E-state index in [4.69, 9.17) is 4.74 Å². The van der Waals surface area contributed by atoms with E-state index in [0.717, 1.165) is 18.2 Å². The molecule has 0 radical (unpaired) electrons. The first-order valence-corrected chi connectivity index (χ1v) is 9.73. The van der Waals surface area contributed by atoms with Crippen molar-refractivity contribution < 1.29 is 26.7 Å². The van der Waals surface area contributed by atoms with Crippen molar-refractivity contribution in [2.45, 2.75) is 12.2 Å². The van der Waals surface area contributed by atoms with Gasteiger partial charge in [0.15, 0.2) is 0 Å². The van der Waals surface area contributed by atoms with Crippen molar-refractivity contribution in [3.05, 3.63) is 65.2 Å². The van der Waals surface area contributed by atoms with Gasteiger partial charge in [0, 0.05) is 24.9 Å². The van der Waals surface area contributed by atoms with Gasteiger partial charge in [0.1, 0.15) is 11.6 Å². The summed E-state index contributed by atoms with van der Waals surface area (Å²) in [5.41, 5.74) is 0.700. The fourth-order valence-corrected chi connectivity index (χ4v) is 3.50. The Hall–Kier alpha value is -2.52. The van der Waals surface area contributed by atoms with Crippen molar-refractivity contribution in [1.82, 2.24) is 5.32 Å². The van der Waals surface area contributed by atoms with E-state index >= 15 is 0 Å². The third-order valence-electron chi connectivity index (χ3n) is 3.57. The van der Waals surface area contributed by atoms with Gasteiger partial charge in [0.2, 0.25) is 15.9 Å². The smallest absolute Gasteiger partial charge is 0.237 e. The van der Waals surface area contributed by atoms with Crippen molar-refractivity contribution in [3.63, 3.8) is 0 Å². The van der Waals surface area contributed by atoms with Crippen LogP contribution in [0.5, 0.6) is 0 Å². The van der Waals surface area contributed by atoms with Crippen LogP contribution >= 0.6 is 0 Å². The lowest BCUT2D eigenvalue weighted by Gasteiger charge is -2.10. The molecular weight excluding hydrogens is 378 g/mol. The van der Waals surface area contributed by atoms with E-state index in [-0.39, 0.29) is 23.6 Å². The van der Waals surface area contributed by atoms with Gasteiger partial charge in [-0.2, -0.15) is 0 Å². The van der Waals surface area contributed by atoms with Crippen LogP contribution in [0.3, 0.4) is 0 Å². The molecule has 2 aromatic carbocycles. The Morgan fingerprint density at radius 3 is 2.48 bits per heavy atom. The summed E-state index contributed by atoms with van der Waals surface area (Å²) in [6, 6.07) is 8.86. The number of hydrogen-bond acceptors (Lipinski definition) is 4. The SMILES string of the molecule is COCCNC(=O)Cc1ccc(NS(=O)(=O)Cc2cc(F)ccc2F)cc1. The van der Waals surface area contributed by atoms with E-state index < -0.39 is 27.4 Å².